The Morgan fingerprint density at radius 2 is 1.74 bits per heavy atom. The van der Waals surface area contributed by atoms with Crippen molar-refractivity contribution in [1.29, 1.82) is 0 Å². The number of phenolic OH excluding ortho intramolecular Hbond substituents is 1. The van der Waals surface area contributed by atoms with Crippen molar-refractivity contribution in [3.63, 3.8) is 0 Å². The van der Waals surface area contributed by atoms with Crippen molar-refractivity contribution in [2.75, 3.05) is 18.0 Å². The number of hydrogen-bond acceptors (Lipinski definition) is 6. The number of para-hydroxylation sites is 2. The molecule has 0 atom stereocenters. The standard InChI is InChI=1S/C27H23ClN2O4/c28-22-12-9-19-15-20(30-13-3-4-14-30)16-29-26(19)25(22)27(32)34-24-6-2-1-5-23(24)33-17-18-7-10-21(31)11-8-18/h1-2,5-12,15-16,31H,3-4,13-14,17H2. The second-order valence-electron chi connectivity index (χ2n) is 8.17. The average Bonchev–Trinajstić information content (AvgIpc) is 3.39. The van der Waals surface area contributed by atoms with Gasteiger partial charge < -0.3 is 19.5 Å². The van der Waals surface area contributed by atoms with Gasteiger partial charge in [-0.05, 0) is 54.8 Å². The van der Waals surface area contributed by atoms with Crippen molar-refractivity contribution in [2.24, 2.45) is 0 Å². The maximum absolute atomic E-state index is 13.2. The highest BCUT2D eigenvalue weighted by Crippen LogP contribution is 2.32. The molecule has 0 amide bonds. The Bertz CT molecular complexity index is 1330. The third-order valence-electron chi connectivity index (χ3n) is 5.85. The number of halogens is 1. The predicted molar refractivity (Wildman–Crippen MR) is 132 cm³/mol. The molecule has 0 saturated carbocycles. The number of nitrogens with zero attached hydrogens (tertiary/aromatic N) is 2. The monoisotopic (exact) mass is 474 g/mol. The number of ether oxygens (including phenoxy) is 2. The second-order valence-corrected chi connectivity index (χ2v) is 8.58. The number of fused-ring (bicyclic) bond motifs is 1. The largest absolute Gasteiger partial charge is 0.508 e. The molecule has 3 aromatic carbocycles. The van der Waals surface area contributed by atoms with Crippen molar-refractivity contribution in [1.82, 2.24) is 4.98 Å². The fourth-order valence-electron chi connectivity index (χ4n) is 4.07. The van der Waals surface area contributed by atoms with Gasteiger partial charge in [-0.2, -0.15) is 0 Å². The number of hydrogen-bond donors (Lipinski definition) is 1. The minimum atomic E-state index is -0.599. The summed E-state index contributed by atoms with van der Waals surface area (Å²) in [5, 5.41) is 10.6. The van der Waals surface area contributed by atoms with E-state index in [0.717, 1.165) is 29.7 Å². The first kappa shape index (κ1) is 22.0. The SMILES string of the molecule is O=C(Oc1ccccc1OCc1ccc(O)cc1)c1c(Cl)ccc2cc(N3CCCC3)cnc12. The minimum Gasteiger partial charge on any atom is -0.508 e. The Kier molecular flexibility index (Phi) is 6.23. The van der Waals surface area contributed by atoms with Crippen LogP contribution in [0.2, 0.25) is 5.02 Å². The molecule has 1 aliphatic heterocycles. The summed E-state index contributed by atoms with van der Waals surface area (Å²) in [6.45, 7) is 2.28. The van der Waals surface area contributed by atoms with Crippen molar-refractivity contribution < 1.29 is 19.4 Å². The van der Waals surface area contributed by atoms with Crippen LogP contribution >= 0.6 is 11.6 Å². The summed E-state index contributed by atoms with van der Waals surface area (Å²) in [6.07, 6.45) is 4.13. The van der Waals surface area contributed by atoms with Gasteiger partial charge in [-0.15, -0.1) is 0 Å². The van der Waals surface area contributed by atoms with Crippen LogP contribution in [0.4, 0.5) is 5.69 Å². The summed E-state index contributed by atoms with van der Waals surface area (Å²) in [5.41, 5.74) is 2.64. The van der Waals surface area contributed by atoms with E-state index in [0.29, 0.717) is 11.3 Å². The Morgan fingerprint density at radius 1 is 1.00 bits per heavy atom. The number of rotatable bonds is 6. The first-order valence-corrected chi connectivity index (χ1v) is 11.5. The van der Waals surface area contributed by atoms with Gasteiger partial charge in [0.05, 0.1) is 22.4 Å². The number of aromatic nitrogens is 1. The van der Waals surface area contributed by atoms with E-state index in [2.05, 4.69) is 9.88 Å². The van der Waals surface area contributed by atoms with Gasteiger partial charge in [0.1, 0.15) is 17.9 Å². The van der Waals surface area contributed by atoms with Crippen LogP contribution in [0.25, 0.3) is 10.9 Å². The lowest BCUT2D eigenvalue weighted by Crippen LogP contribution is -2.18. The molecular weight excluding hydrogens is 452 g/mol. The molecule has 5 rings (SSSR count). The Labute approximate surface area is 202 Å². The molecule has 34 heavy (non-hydrogen) atoms. The van der Waals surface area contributed by atoms with Crippen LogP contribution < -0.4 is 14.4 Å². The van der Waals surface area contributed by atoms with E-state index in [-0.39, 0.29) is 28.7 Å². The predicted octanol–water partition coefficient (Wildman–Crippen LogP) is 5.99. The van der Waals surface area contributed by atoms with Gasteiger partial charge in [0, 0.05) is 18.5 Å². The fraction of sp³-hybridized carbons (Fsp3) is 0.185. The van der Waals surface area contributed by atoms with E-state index in [9.17, 15) is 9.90 Å². The molecule has 4 aromatic rings. The first-order valence-electron chi connectivity index (χ1n) is 11.1. The highest BCUT2D eigenvalue weighted by atomic mass is 35.5. The number of esters is 1. The maximum Gasteiger partial charge on any atom is 0.347 e. The zero-order valence-corrected chi connectivity index (χ0v) is 19.2. The fourth-order valence-corrected chi connectivity index (χ4v) is 4.30. The number of carbonyl (C=O) groups excluding carboxylic acids is 1. The van der Waals surface area contributed by atoms with E-state index < -0.39 is 5.97 Å². The normalized spacial score (nSPS) is 13.3. The zero-order valence-electron chi connectivity index (χ0n) is 18.4. The van der Waals surface area contributed by atoms with E-state index in [1.54, 1.807) is 60.8 Å². The number of anilines is 1. The van der Waals surface area contributed by atoms with Gasteiger partial charge in [0.25, 0.3) is 0 Å². The summed E-state index contributed by atoms with van der Waals surface area (Å²) in [7, 11) is 0. The second kappa shape index (κ2) is 9.61. The smallest absolute Gasteiger partial charge is 0.347 e. The van der Waals surface area contributed by atoms with Crippen LogP contribution in [-0.2, 0) is 6.61 Å². The van der Waals surface area contributed by atoms with Crippen LogP contribution in [0.3, 0.4) is 0 Å². The van der Waals surface area contributed by atoms with Gasteiger partial charge in [0.15, 0.2) is 11.5 Å². The first-order chi connectivity index (χ1) is 16.6. The molecule has 172 valence electrons. The quantitative estimate of drug-likeness (QED) is 0.273. The summed E-state index contributed by atoms with van der Waals surface area (Å²) in [6, 6.07) is 19.3. The number of pyridine rings is 1. The summed E-state index contributed by atoms with van der Waals surface area (Å²) in [4.78, 5) is 20.1. The van der Waals surface area contributed by atoms with E-state index >= 15 is 0 Å². The average molecular weight is 475 g/mol. The van der Waals surface area contributed by atoms with Crippen LogP contribution in [0, 0.1) is 0 Å². The van der Waals surface area contributed by atoms with Crippen molar-refractivity contribution in [3.05, 3.63) is 89.1 Å². The van der Waals surface area contributed by atoms with Gasteiger partial charge in [0.2, 0.25) is 0 Å². The summed E-state index contributed by atoms with van der Waals surface area (Å²) < 4.78 is 11.6. The number of benzene rings is 3. The van der Waals surface area contributed by atoms with Crippen molar-refractivity contribution in [2.45, 2.75) is 19.4 Å². The molecule has 0 aliphatic carbocycles. The van der Waals surface area contributed by atoms with Gasteiger partial charge in [-0.1, -0.05) is 41.9 Å². The summed E-state index contributed by atoms with van der Waals surface area (Å²) in [5.74, 6) is 0.293. The molecule has 1 fully saturated rings. The Balaban J connectivity index is 1.39. The molecule has 1 saturated heterocycles. The molecule has 0 spiro atoms. The van der Waals surface area contributed by atoms with Gasteiger partial charge >= 0.3 is 5.97 Å². The van der Waals surface area contributed by atoms with Gasteiger partial charge in [-0.3, -0.25) is 4.98 Å². The lowest BCUT2D eigenvalue weighted by Gasteiger charge is -2.18. The third-order valence-corrected chi connectivity index (χ3v) is 6.16. The van der Waals surface area contributed by atoms with Crippen LogP contribution in [0.1, 0.15) is 28.8 Å². The Hall–Kier alpha value is -3.77. The highest BCUT2D eigenvalue weighted by molar-refractivity contribution is 6.35. The van der Waals surface area contributed by atoms with Crippen molar-refractivity contribution >= 4 is 34.2 Å². The van der Waals surface area contributed by atoms with Crippen LogP contribution in [0.15, 0.2) is 72.9 Å². The molecule has 0 bridgehead atoms. The third kappa shape index (κ3) is 4.63. The molecule has 7 heteroatoms. The molecule has 1 N–H and O–H groups in total. The van der Waals surface area contributed by atoms with Crippen LogP contribution in [0.5, 0.6) is 17.2 Å². The molecule has 2 heterocycles. The maximum atomic E-state index is 13.2. The zero-order chi connectivity index (χ0) is 23.5. The van der Waals surface area contributed by atoms with Gasteiger partial charge in [-0.25, -0.2) is 4.79 Å². The Morgan fingerprint density at radius 3 is 2.50 bits per heavy atom. The topological polar surface area (TPSA) is 71.9 Å². The molecule has 1 aromatic heterocycles. The number of phenols is 1. The van der Waals surface area contributed by atoms with E-state index in [4.69, 9.17) is 21.1 Å². The molecule has 6 nitrogen and oxygen atoms in total. The highest BCUT2D eigenvalue weighted by Gasteiger charge is 2.21. The minimum absolute atomic E-state index is 0.186. The molecule has 0 unspecified atom stereocenters. The number of aromatic hydroxyl groups is 1. The van der Waals surface area contributed by atoms with E-state index in [1.165, 1.54) is 12.8 Å². The van der Waals surface area contributed by atoms with Crippen LogP contribution in [-0.4, -0.2) is 29.1 Å². The lowest BCUT2D eigenvalue weighted by atomic mass is 10.1. The lowest BCUT2D eigenvalue weighted by molar-refractivity contribution is 0.0729. The molecule has 1 aliphatic rings. The number of carbonyl (C=O) groups is 1. The summed E-state index contributed by atoms with van der Waals surface area (Å²) >= 11 is 6.42. The van der Waals surface area contributed by atoms with Crippen molar-refractivity contribution in [3.8, 4) is 17.2 Å². The molecular formula is C27H23ClN2O4. The van der Waals surface area contributed by atoms with E-state index in [1.807, 2.05) is 12.1 Å². The molecule has 0 radical (unpaired) electrons.